The molecule has 0 nitrogen and oxygen atoms in total. The molecule has 0 aliphatic heterocycles. The fraction of sp³-hybridized carbons (Fsp3) is 0.368. The summed E-state index contributed by atoms with van der Waals surface area (Å²) in [6.07, 6.45) is 1.25. The van der Waals surface area contributed by atoms with Crippen molar-refractivity contribution in [1.82, 2.24) is 0 Å². The van der Waals surface area contributed by atoms with Crippen molar-refractivity contribution in [2.24, 2.45) is 0 Å². The van der Waals surface area contributed by atoms with Gasteiger partial charge in [-0.15, -0.1) is 0 Å². The maximum absolute atomic E-state index is 2.28. The van der Waals surface area contributed by atoms with E-state index >= 15 is 0 Å². The van der Waals surface area contributed by atoms with Crippen molar-refractivity contribution in [3.8, 4) is 0 Å². The molecule has 0 aliphatic rings. The number of benzene rings is 4. The summed E-state index contributed by atoms with van der Waals surface area (Å²) in [5.41, 5.74) is 10.9. The molecule has 4 aromatic carbocycles. The maximum Gasteiger partial charge on any atom is 0.0146 e. The van der Waals surface area contributed by atoms with Gasteiger partial charge in [0.05, 0.1) is 0 Å². The van der Waals surface area contributed by atoms with Crippen molar-refractivity contribution < 1.29 is 0 Å². The Morgan fingerprint density at radius 3 is 0.632 bits per heavy atom. The summed E-state index contributed by atoms with van der Waals surface area (Å²) >= 11 is 0. The van der Waals surface area contributed by atoms with E-state index in [2.05, 4.69) is 166 Å². The van der Waals surface area contributed by atoms with Gasteiger partial charge in [-0.2, -0.15) is 0 Å². The van der Waals surface area contributed by atoms with E-state index in [1.54, 1.807) is 0 Å². The summed E-state index contributed by atoms with van der Waals surface area (Å²) in [5, 5.41) is 0. The Balaban J connectivity index is 0.000000337. The third kappa shape index (κ3) is 9.02. The molecule has 4 aromatic rings. The standard InChI is InChI=1S/2C17H20.C3H8.CH4/c2*1-13-5-9-15(10-6-13)17(3,4)16-11-7-14(2)8-12-16;1-3-2;/h2*5-12H,1-4H3;3H2,1-2H3;1H4. The van der Waals surface area contributed by atoms with E-state index < -0.39 is 0 Å². The smallest absolute Gasteiger partial charge is 0.0146 e. The minimum absolute atomic E-state index is 0. The van der Waals surface area contributed by atoms with Crippen molar-refractivity contribution in [2.45, 2.75) is 93.9 Å². The fourth-order valence-electron chi connectivity index (χ4n) is 4.21. The average Bonchev–Trinajstić information content (AvgIpc) is 2.86. The van der Waals surface area contributed by atoms with Crippen molar-refractivity contribution >= 4 is 0 Å². The van der Waals surface area contributed by atoms with Gasteiger partial charge in [0.25, 0.3) is 0 Å². The van der Waals surface area contributed by atoms with Crippen LogP contribution in [-0.4, -0.2) is 0 Å². The van der Waals surface area contributed by atoms with Crippen LogP contribution in [-0.2, 0) is 10.8 Å². The molecule has 0 saturated carbocycles. The third-order valence-corrected chi connectivity index (χ3v) is 7.09. The second kappa shape index (κ2) is 14.7. The lowest BCUT2D eigenvalue weighted by Gasteiger charge is -2.26. The predicted octanol–water partition coefficient (Wildman–Crippen LogP) is 11.3. The Bertz CT molecular complexity index is 993. The lowest BCUT2D eigenvalue weighted by atomic mass is 9.78. The monoisotopic (exact) mass is 508 g/mol. The molecule has 0 radical (unpaired) electrons. The van der Waals surface area contributed by atoms with Crippen LogP contribution in [0.3, 0.4) is 0 Å². The second-order valence-electron chi connectivity index (χ2n) is 11.4. The summed E-state index contributed by atoms with van der Waals surface area (Å²) in [6.45, 7) is 21.9. The molecule has 0 spiro atoms. The zero-order valence-corrected chi connectivity index (χ0v) is 24.9. The van der Waals surface area contributed by atoms with Crippen LogP contribution >= 0.6 is 0 Å². The molecule has 0 amide bonds. The lowest BCUT2D eigenvalue weighted by Crippen LogP contribution is -2.18. The molecule has 0 fully saturated rings. The van der Waals surface area contributed by atoms with E-state index in [9.17, 15) is 0 Å². The second-order valence-corrected chi connectivity index (χ2v) is 11.4. The van der Waals surface area contributed by atoms with Crippen LogP contribution in [0.25, 0.3) is 0 Å². The average molecular weight is 509 g/mol. The minimum atomic E-state index is 0. The highest BCUT2D eigenvalue weighted by atomic mass is 14.3. The van der Waals surface area contributed by atoms with E-state index in [1.165, 1.54) is 50.9 Å². The van der Waals surface area contributed by atoms with Gasteiger partial charge in [0, 0.05) is 10.8 Å². The first kappa shape index (κ1) is 32.9. The summed E-state index contributed by atoms with van der Waals surface area (Å²) in [5.74, 6) is 0. The number of aryl methyl sites for hydroxylation is 4. The molecule has 4 rings (SSSR count). The van der Waals surface area contributed by atoms with Crippen LogP contribution in [0.5, 0.6) is 0 Å². The van der Waals surface area contributed by atoms with Crippen molar-refractivity contribution in [1.29, 1.82) is 0 Å². The number of hydrogen-bond acceptors (Lipinski definition) is 0. The predicted molar refractivity (Wildman–Crippen MR) is 172 cm³/mol. The highest BCUT2D eigenvalue weighted by molar-refractivity contribution is 5.40. The molecular formula is C38H52. The maximum atomic E-state index is 2.28. The highest BCUT2D eigenvalue weighted by Gasteiger charge is 2.23. The van der Waals surface area contributed by atoms with Crippen molar-refractivity contribution in [3.63, 3.8) is 0 Å². The van der Waals surface area contributed by atoms with Gasteiger partial charge in [0.2, 0.25) is 0 Å². The first-order valence-electron chi connectivity index (χ1n) is 13.7. The van der Waals surface area contributed by atoms with Gasteiger partial charge in [0.1, 0.15) is 0 Å². The first-order valence-corrected chi connectivity index (χ1v) is 13.7. The van der Waals surface area contributed by atoms with E-state index in [1.807, 2.05) is 0 Å². The van der Waals surface area contributed by atoms with E-state index in [4.69, 9.17) is 0 Å². The summed E-state index contributed by atoms with van der Waals surface area (Å²) in [7, 11) is 0. The molecule has 0 unspecified atom stereocenters. The summed E-state index contributed by atoms with van der Waals surface area (Å²) < 4.78 is 0. The van der Waals surface area contributed by atoms with Gasteiger partial charge < -0.3 is 0 Å². The fourth-order valence-corrected chi connectivity index (χ4v) is 4.21. The number of rotatable bonds is 4. The normalized spacial score (nSPS) is 10.8. The molecule has 0 atom stereocenters. The zero-order chi connectivity index (χ0) is 27.6. The SMILES string of the molecule is C.CCC.Cc1ccc(C(C)(C)c2ccc(C)cc2)cc1.Cc1ccc(C(C)(C)c2ccc(C)cc2)cc1. The Morgan fingerprint density at radius 1 is 0.368 bits per heavy atom. The lowest BCUT2D eigenvalue weighted by molar-refractivity contribution is 0.640. The molecule has 0 heteroatoms. The van der Waals surface area contributed by atoms with Crippen molar-refractivity contribution in [3.05, 3.63) is 142 Å². The highest BCUT2D eigenvalue weighted by Crippen LogP contribution is 2.32. The van der Waals surface area contributed by atoms with Gasteiger partial charge >= 0.3 is 0 Å². The largest absolute Gasteiger partial charge is 0.0776 e. The quantitative estimate of drug-likeness (QED) is 0.257. The van der Waals surface area contributed by atoms with E-state index in [0.29, 0.717) is 0 Å². The van der Waals surface area contributed by atoms with E-state index in [0.717, 1.165) is 0 Å². The third-order valence-electron chi connectivity index (χ3n) is 7.09. The van der Waals surface area contributed by atoms with Gasteiger partial charge in [-0.05, 0) is 49.9 Å². The van der Waals surface area contributed by atoms with Crippen LogP contribution in [0, 0.1) is 27.7 Å². The molecule has 0 aromatic heterocycles. The first-order chi connectivity index (χ1) is 17.4. The molecular weight excluding hydrogens is 456 g/mol. The van der Waals surface area contributed by atoms with Crippen LogP contribution in [0.1, 0.15) is 99.9 Å². The molecule has 0 aliphatic carbocycles. The summed E-state index contributed by atoms with van der Waals surface area (Å²) in [6, 6.07) is 35.3. The Hall–Kier alpha value is -3.12. The Labute approximate surface area is 235 Å². The van der Waals surface area contributed by atoms with Gasteiger partial charge in [0.15, 0.2) is 0 Å². The van der Waals surface area contributed by atoms with Gasteiger partial charge in [-0.1, -0.05) is 175 Å². The Kier molecular flexibility index (Phi) is 12.7. The number of hydrogen-bond donors (Lipinski definition) is 0. The molecule has 38 heavy (non-hydrogen) atoms. The molecule has 204 valence electrons. The molecule has 0 bridgehead atoms. The van der Waals surface area contributed by atoms with Crippen LogP contribution in [0.4, 0.5) is 0 Å². The zero-order valence-electron chi connectivity index (χ0n) is 24.9. The van der Waals surface area contributed by atoms with Crippen LogP contribution in [0.15, 0.2) is 97.1 Å². The minimum Gasteiger partial charge on any atom is -0.0776 e. The van der Waals surface area contributed by atoms with Gasteiger partial charge in [-0.25, -0.2) is 0 Å². The van der Waals surface area contributed by atoms with Crippen molar-refractivity contribution in [2.75, 3.05) is 0 Å². The van der Waals surface area contributed by atoms with Gasteiger partial charge in [-0.3, -0.25) is 0 Å². The molecule has 0 N–H and O–H groups in total. The summed E-state index contributed by atoms with van der Waals surface area (Å²) in [4.78, 5) is 0. The topological polar surface area (TPSA) is 0 Å². The van der Waals surface area contributed by atoms with E-state index in [-0.39, 0.29) is 18.3 Å². The van der Waals surface area contributed by atoms with Crippen LogP contribution < -0.4 is 0 Å². The molecule has 0 heterocycles. The van der Waals surface area contributed by atoms with Crippen LogP contribution in [0.2, 0.25) is 0 Å². The Morgan fingerprint density at radius 2 is 0.500 bits per heavy atom. The molecule has 0 saturated heterocycles.